The van der Waals surface area contributed by atoms with Gasteiger partial charge in [0.25, 0.3) is 5.91 Å². The smallest absolute Gasteiger partial charge is 0.329 e. The number of ether oxygens (including phenoxy) is 5. The van der Waals surface area contributed by atoms with E-state index in [0.29, 0.717) is 31.6 Å². The van der Waals surface area contributed by atoms with Crippen molar-refractivity contribution in [1.29, 1.82) is 0 Å². The summed E-state index contributed by atoms with van der Waals surface area (Å²) in [5.74, 6) is -1.27. The van der Waals surface area contributed by atoms with Crippen LogP contribution in [-0.2, 0) is 25.5 Å². The van der Waals surface area contributed by atoms with E-state index in [1.54, 1.807) is 6.92 Å². The first-order valence-electron chi connectivity index (χ1n) is 14.5. The highest BCUT2D eigenvalue weighted by atomic mass is 16.6. The fourth-order valence-corrected chi connectivity index (χ4v) is 4.95. The van der Waals surface area contributed by atoms with Crippen molar-refractivity contribution in [1.82, 2.24) is 10.3 Å². The maximum absolute atomic E-state index is 13.3. The standard InChI is InChI=1S/C33H38N2O8/c1-22-30(43-25-15-8-5-9-16-25)28(40-21-11-14-24-12-6-4-7-13-24)18-10-17-26(33(38)41-22)35-32(37)29-31(42-23(2)36)27(39-3)19-20-34-29/h4-9,12-13,15-16,19-20,22,26,28,30H,10-11,14,17-18,21H2,1-3H3,(H,35,37)/t22-,26-,28-,30-/m0/s1. The highest BCUT2D eigenvalue weighted by molar-refractivity contribution is 5.98. The maximum atomic E-state index is 13.3. The second-order valence-electron chi connectivity index (χ2n) is 10.3. The summed E-state index contributed by atoms with van der Waals surface area (Å²) in [6.07, 6.45) is 2.86. The molecule has 0 saturated carbocycles. The maximum Gasteiger partial charge on any atom is 0.329 e. The Hall–Kier alpha value is -4.44. The van der Waals surface area contributed by atoms with Gasteiger partial charge in [0.05, 0.1) is 13.2 Å². The van der Waals surface area contributed by atoms with Crippen LogP contribution in [0.15, 0.2) is 72.9 Å². The van der Waals surface area contributed by atoms with Gasteiger partial charge in [0, 0.05) is 25.8 Å². The normalized spacial score (nSPS) is 20.5. The fourth-order valence-electron chi connectivity index (χ4n) is 4.95. The Balaban J connectivity index is 1.48. The zero-order valence-electron chi connectivity index (χ0n) is 24.7. The first-order valence-corrected chi connectivity index (χ1v) is 14.5. The van der Waals surface area contributed by atoms with Crippen LogP contribution in [0.25, 0.3) is 0 Å². The molecule has 10 nitrogen and oxygen atoms in total. The highest BCUT2D eigenvalue weighted by Gasteiger charge is 2.37. The predicted molar refractivity (Wildman–Crippen MR) is 158 cm³/mol. The SMILES string of the molecule is COc1ccnc(C(=O)N[C@H]2CCC[C@H](OCCCc3ccccc3)[C@@H](Oc3ccccc3)[C@H](C)OC2=O)c1OC(C)=O. The number of rotatable bonds is 11. The van der Waals surface area contributed by atoms with Crippen LogP contribution in [0.1, 0.15) is 55.6 Å². The van der Waals surface area contributed by atoms with E-state index in [4.69, 9.17) is 23.7 Å². The largest absolute Gasteiger partial charge is 0.493 e. The zero-order valence-corrected chi connectivity index (χ0v) is 24.7. The van der Waals surface area contributed by atoms with Gasteiger partial charge in [-0.2, -0.15) is 0 Å². The van der Waals surface area contributed by atoms with Crippen LogP contribution < -0.4 is 19.5 Å². The lowest BCUT2D eigenvalue weighted by atomic mass is 10.0. The van der Waals surface area contributed by atoms with Crippen molar-refractivity contribution in [2.45, 2.75) is 70.3 Å². The molecule has 2 aromatic carbocycles. The lowest BCUT2D eigenvalue weighted by Gasteiger charge is -2.31. The number of aryl methyl sites for hydroxylation is 1. The van der Waals surface area contributed by atoms with Crippen molar-refractivity contribution in [3.8, 4) is 17.2 Å². The average Bonchev–Trinajstić information content (AvgIpc) is 3.05. The summed E-state index contributed by atoms with van der Waals surface area (Å²) in [6.45, 7) is 3.48. The van der Waals surface area contributed by atoms with E-state index in [1.807, 2.05) is 48.5 Å². The minimum Gasteiger partial charge on any atom is -0.493 e. The molecule has 0 radical (unpaired) electrons. The molecule has 1 aromatic heterocycles. The van der Waals surface area contributed by atoms with Gasteiger partial charge in [-0.1, -0.05) is 48.5 Å². The molecular formula is C33H38N2O8. The molecule has 228 valence electrons. The molecule has 1 fully saturated rings. The zero-order chi connectivity index (χ0) is 30.6. The van der Waals surface area contributed by atoms with Gasteiger partial charge in [-0.05, 0) is 56.7 Å². The predicted octanol–water partition coefficient (Wildman–Crippen LogP) is 4.70. The topological polar surface area (TPSA) is 122 Å². The van der Waals surface area contributed by atoms with E-state index in [1.165, 1.54) is 31.9 Å². The lowest BCUT2D eigenvalue weighted by Crippen LogP contribution is -2.46. The van der Waals surface area contributed by atoms with Crippen LogP contribution in [0, 0.1) is 0 Å². The molecule has 10 heteroatoms. The third-order valence-electron chi connectivity index (χ3n) is 7.05. The number of carbonyl (C=O) groups excluding carboxylic acids is 3. The highest BCUT2D eigenvalue weighted by Crippen LogP contribution is 2.30. The van der Waals surface area contributed by atoms with Gasteiger partial charge in [0.2, 0.25) is 5.75 Å². The number of hydrogen-bond donors (Lipinski definition) is 1. The van der Waals surface area contributed by atoms with E-state index in [0.717, 1.165) is 12.8 Å². The number of nitrogens with zero attached hydrogens (tertiary/aromatic N) is 1. The van der Waals surface area contributed by atoms with E-state index in [9.17, 15) is 14.4 Å². The van der Waals surface area contributed by atoms with E-state index < -0.39 is 36.1 Å². The first-order chi connectivity index (χ1) is 20.9. The summed E-state index contributed by atoms with van der Waals surface area (Å²) in [4.78, 5) is 42.4. The molecule has 1 aliphatic heterocycles. The molecule has 1 aliphatic rings. The van der Waals surface area contributed by atoms with Gasteiger partial charge in [-0.25, -0.2) is 9.78 Å². The van der Waals surface area contributed by atoms with Crippen LogP contribution in [-0.4, -0.2) is 60.9 Å². The molecule has 1 amide bonds. The van der Waals surface area contributed by atoms with E-state index >= 15 is 0 Å². The molecule has 0 aliphatic carbocycles. The molecule has 43 heavy (non-hydrogen) atoms. The van der Waals surface area contributed by atoms with Crippen LogP contribution >= 0.6 is 0 Å². The number of hydrogen-bond acceptors (Lipinski definition) is 9. The van der Waals surface area contributed by atoms with Gasteiger partial charge in [0.1, 0.15) is 17.9 Å². The number of nitrogens with one attached hydrogen (secondary N) is 1. The van der Waals surface area contributed by atoms with E-state index in [2.05, 4.69) is 22.4 Å². The third kappa shape index (κ3) is 9.02. The van der Waals surface area contributed by atoms with Gasteiger partial charge in [-0.15, -0.1) is 0 Å². The molecule has 0 bridgehead atoms. The fraction of sp³-hybridized carbons (Fsp3) is 0.394. The Bertz CT molecular complexity index is 1350. The van der Waals surface area contributed by atoms with Crippen molar-refractivity contribution in [2.24, 2.45) is 0 Å². The molecule has 0 unspecified atom stereocenters. The number of aromatic nitrogens is 1. The minimum absolute atomic E-state index is 0.125. The number of para-hydroxylation sites is 1. The van der Waals surface area contributed by atoms with Crippen molar-refractivity contribution in [2.75, 3.05) is 13.7 Å². The minimum atomic E-state index is -0.970. The monoisotopic (exact) mass is 590 g/mol. The molecule has 4 rings (SSSR count). The van der Waals surface area contributed by atoms with Crippen LogP contribution in [0.4, 0.5) is 0 Å². The number of amides is 1. The van der Waals surface area contributed by atoms with Gasteiger partial charge in [-0.3, -0.25) is 9.59 Å². The van der Waals surface area contributed by atoms with Gasteiger partial charge >= 0.3 is 11.9 Å². The van der Waals surface area contributed by atoms with E-state index in [-0.39, 0.29) is 23.3 Å². The molecule has 4 atom stereocenters. The summed E-state index contributed by atoms with van der Waals surface area (Å²) < 4.78 is 29.0. The summed E-state index contributed by atoms with van der Waals surface area (Å²) >= 11 is 0. The van der Waals surface area contributed by atoms with Crippen molar-refractivity contribution in [3.05, 3.63) is 84.2 Å². The average molecular weight is 591 g/mol. The Labute approximate surface area is 251 Å². The Kier molecular flexibility index (Phi) is 11.5. The van der Waals surface area contributed by atoms with Crippen molar-refractivity contribution in [3.63, 3.8) is 0 Å². The summed E-state index contributed by atoms with van der Waals surface area (Å²) in [6, 6.07) is 20.0. The van der Waals surface area contributed by atoms with Gasteiger partial charge in [0.15, 0.2) is 17.5 Å². The lowest BCUT2D eigenvalue weighted by molar-refractivity contribution is -0.159. The quantitative estimate of drug-likeness (QED) is 0.250. The molecule has 0 spiro atoms. The second-order valence-corrected chi connectivity index (χ2v) is 10.3. The number of cyclic esters (lactones) is 1. The summed E-state index contributed by atoms with van der Waals surface area (Å²) in [5.41, 5.74) is 1.06. The number of methoxy groups -OCH3 is 1. The number of pyridine rings is 1. The van der Waals surface area contributed by atoms with Crippen molar-refractivity contribution >= 4 is 17.8 Å². The van der Waals surface area contributed by atoms with Crippen LogP contribution in [0.3, 0.4) is 0 Å². The summed E-state index contributed by atoms with van der Waals surface area (Å²) in [5, 5.41) is 2.71. The number of esters is 2. The van der Waals surface area contributed by atoms with Crippen LogP contribution in [0.2, 0.25) is 0 Å². The molecule has 3 aromatic rings. The summed E-state index contributed by atoms with van der Waals surface area (Å²) in [7, 11) is 1.38. The molecule has 1 saturated heterocycles. The molecule has 1 N–H and O–H groups in total. The molecule has 2 heterocycles. The number of carbonyl (C=O) groups is 3. The van der Waals surface area contributed by atoms with Crippen LogP contribution in [0.5, 0.6) is 17.2 Å². The molecular weight excluding hydrogens is 552 g/mol. The second kappa shape index (κ2) is 15.7. The Morgan fingerprint density at radius 2 is 1.74 bits per heavy atom. The Morgan fingerprint density at radius 1 is 1.02 bits per heavy atom. The third-order valence-corrected chi connectivity index (χ3v) is 7.05. The first kappa shape index (κ1) is 31.5. The number of benzene rings is 2. The Morgan fingerprint density at radius 3 is 2.44 bits per heavy atom. The van der Waals surface area contributed by atoms with Gasteiger partial charge < -0.3 is 29.0 Å². The van der Waals surface area contributed by atoms with Crippen molar-refractivity contribution < 1.29 is 38.1 Å².